The molecule has 0 rings (SSSR count). The Morgan fingerprint density at radius 3 is 2.24 bits per heavy atom. The van der Waals surface area contributed by atoms with Crippen LogP contribution < -0.4 is 5.32 Å². The number of rotatable bonds is 5. The minimum absolute atomic E-state index is 0.135. The van der Waals surface area contributed by atoms with Crippen LogP contribution >= 0.6 is 22.6 Å². The average molecular weight is 357 g/mol. The summed E-state index contributed by atoms with van der Waals surface area (Å²) in [6, 6.07) is -1.24. The second kappa shape index (κ2) is 6.77. The van der Waals surface area contributed by atoms with Crippen LogP contribution in [0.3, 0.4) is 0 Å². The molecule has 1 atom stereocenters. The van der Waals surface area contributed by atoms with E-state index in [1.807, 2.05) is 0 Å². The molecule has 17 heavy (non-hydrogen) atoms. The predicted molar refractivity (Wildman–Crippen MR) is 68.9 cm³/mol. The SMILES string of the molecule is CC(C)(C)OC(=O)C[C@H](NC(=O)CI)C(=O)O. The molecule has 1 amide bonds. The first-order valence-electron chi connectivity index (χ1n) is 4.95. The van der Waals surface area contributed by atoms with Crippen LogP contribution in [0.1, 0.15) is 27.2 Å². The quantitative estimate of drug-likeness (QED) is 0.430. The van der Waals surface area contributed by atoms with Crippen molar-refractivity contribution in [3.63, 3.8) is 0 Å². The highest BCUT2D eigenvalue weighted by Crippen LogP contribution is 2.09. The van der Waals surface area contributed by atoms with E-state index in [0.29, 0.717) is 0 Å². The van der Waals surface area contributed by atoms with Crippen LogP contribution in [-0.4, -0.2) is 39.0 Å². The topological polar surface area (TPSA) is 92.7 Å². The lowest BCUT2D eigenvalue weighted by Crippen LogP contribution is -2.43. The van der Waals surface area contributed by atoms with E-state index in [-0.39, 0.29) is 10.8 Å². The van der Waals surface area contributed by atoms with Crippen molar-refractivity contribution in [2.45, 2.75) is 38.8 Å². The molecule has 0 fully saturated rings. The highest BCUT2D eigenvalue weighted by atomic mass is 127. The van der Waals surface area contributed by atoms with E-state index in [0.717, 1.165) is 0 Å². The van der Waals surface area contributed by atoms with Crippen molar-refractivity contribution < 1.29 is 24.2 Å². The Hall–Kier alpha value is -0.860. The Morgan fingerprint density at radius 1 is 1.35 bits per heavy atom. The molecular formula is C10H16INO5. The fourth-order valence-corrected chi connectivity index (χ4v) is 1.20. The summed E-state index contributed by atoms with van der Waals surface area (Å²) < 4.78 is 5.11. The van der Waals surface area contributed by atoms with Crippen molar-refractivity contribution in [1.82, 2.24) is 5.32 Å². The van der Waals surface area contributed by atoms with E-state index in [1.165, 1.54) is 0 Å². The average Bonchev–Trinajstić information content (AvgIpc) is 2.13. The largest absolute Gasteiger partial charge is 0.480 e. The van der Waals surface area contributed by atoms with Gasteiger partial charge < -0.3 is 15.2 Å². The Labute approximate surface area is 113 Å². The van der Waals surface area contributed by atoms with Crippen LogP contribution in [-0.2, 0) is 19.1 Å². The number of nitrogens with one attached hydrogen (secondary N) is 1. The number of hydrogen-bond donors (Lipinski definition) is 2. The van der Waals surface area contributed by atoms with Crippen molar-refractivity contribution in [3.05, 3.63) is 0 Å². The van der Waals surface area contributed by atoms with Crippen molar-refractivity contribution in [2.24, 2.45) is 0 Å². The van der Waals surface area contributed by atoms with Crippen molar-refractivity contribution >= 4 is 40.4 Å². The lowest BCUT2D eigenvalue weighted by Gasteiger charge is -2.21. The maximum atomic E-state index is 11.4. The van der Waals surface area contributed by atoms with Gasteiger partial charge in [-0.25, -0.2) is 4.79 Å². The van der Waals surface area contributed by atoms with E-state index < -0.39 is 29.5 Å². The van der Waals surface area contributed by atoms with Crippen molar-refractivity contribution in [3.8, 4) is 0 Å². The molecule has 0 saturated carbocycles. The van der Waals surface area contributed by atoms with Gasteiger partial charge >= 0.3 is 11.9 Å². The van der Waals surface area contributed by atoms with Crippen LogP contribution in [0, 0.1) is 0 Å². The minimum Gasteiger partial charge on any atom is -0.480 e. The van der Waals surface area contributed by atoms with Crippen molar-refractivity contribution in [1.29, 1.82) is 0 Å². The van der Waals surface area contributed by atoms with Gasteiger partial charge in [0.15, 0.2) is 0 Å². The number of esters is 1. The molecule has 0 aromatic heterocycles. The molecule has 0 aromatic carbocycles. The summed E-state index contributed by atoms with van der Waals surface area (Å²) in [5, 5.41) is 11.1. The summed E-state index contributed by atoms with van der Waals surface area (Å²) in [6.07, 6.45) is -0.380. The third kappa shape index (κ3) is 7.94. The van der Waals surface area contributed by atoms with Gasteiger partial charge in [0.2, 0.25) is 5.91 Å². The molecule has 0 heterocycles. The van der Waals surface area contributed by atoms with Crippen LogP contribution in [0.4, 0.5) is 0 Å². The number of ether oxygens (including phenoxy) is 1. The molecule has 0 bridgehead atoms. The molecule has 0 aliphatic heterocycles. The third-order valence-electron chi connectivity index (χ3n) is 1.55. The molecule has 0 radical (unpaired) electrons. The molecule has 2 N–H and O–H groups in total. The zero-order valence-corrected chi connectivity index (χ0v) is 12.1. The fourth-order valence-electron chi connectivity index (χ4n) is 0.983. The van der Waals surface area contributed by atoms with Crippen LogP contribution in [0.5, 0.6) is 0 Å². The number of carboxylic acid groups (broad SMARTS) is 1. The monoisotopic (exact) mass is 357 g/mol. The van der Waals surface area contributed by atoms with Gasteiger partial charge in [-0.2, -0.15) is 0 Å². The number of halogens is 1. The molecule has 6 nitrogen and oxygen atoms in total. The number of carboxylic acids is 1. The summed E-state index contributed by atoms with van der Waals surface area (Å²) in [5.74, 6) is -2.34. The number of alkyl halides is 1. The molecule has 0 aromatic rings. The normalized spacial score (nSPS) is 12.7. The van der Waals surface area contributed by atoms with Gasteiger partial charge in [0, 0.05) is 0 Å². The van der Waals surface area contributed by atoms with Gasteiger partial charge in [-0.15, -0.1) is 0 Å². The molecule has 0 spiro atoms. The van der Waals surface area contributed by atoms with E-state index in [1.54, 1.807) is 43.4 Å². The number of carbonyl (C=O) groups excluding carboxylic acids is 2. The summed E-state index contributed by atoms with van der Waals surface area (Å²) in [4.78, 5) is 33.3. The second-order valence-electron chi connectivity index (χ2n) is 4.38. The Bertz CT molecular complexity index is 310. The molecule has 0 aliphatic carbocycles. The lowest BCUT2D eigenvalue weighted by molar-refractivity contribution is -0.158. The lowest BCUT2D eigenvalue weighted by atomic mass is 10.1. The predicted octanol–water partition coefficient (Wildman–Crippen LogP) is 0.723. The molecule has 0 aliphatic rings. The Kier molecular flexibility index (Phi) is 6.43. The number of aliphatic carboxylic acids is 1. The van der Waals surface area contributed by atoms with E-state index in [4.69, 9.17) is 9.84 Å². The maximum Gasteiger partial charge on any atom is 0.326 e. The van der Waals surface area contributed by atoms with Crippen LogP contribution in [0.2, 0.25) is 0 Å². The van der Waals surface area contributed by atoms with Gasteiger partial charge in [-0.05, 0) is 20.8 Å². The number of hydrogen-bond acceptors (Lipinski definition) is 4. The molecule has 0 saturated heterocycles. The Morgan fingerprint density at radius 2 is 1.88 bits per heavy atom. The molecule has 98 valence electrons. The minimum atomic E-state index is -1.26. The third-order valence-corrected chi connectivity index (χ3v) is 2.24. The standard InChI is InChI=1S/C10H16INO5/c1-10(2,3)17-8(14)4-6(9(15)16)12-7(13)5-11/h6H,4-5H2,1-3H3,(H,12,13)(H,15,16)/t6-/m0/s1. The summed E-state index contributed by atoms with van der Waals surface area (Å²) in [7, 11) is 0. The van der Waals surface area contributed by atoms with Gasteiger partial charge in [-0.1, -0.05) is 22.6 Å². The number of amides is 1. The van der Waals surface area contributed by atoms with E-state index in [2.05, 4.69) is 5.32 Å². The summed E-state index contributed by atoms with van der Waals surface area (Å²) in [6.45, 7) is 5.05. The highest BCUT2D eigenvalue weighted by Gasteiger charge is 2.26. The van der Waals surface area contributed by atoms with Crippen molar-refractivity contribution in [2.75, 3.05) is 4.43 Å². The summed E-state index contributed by atoms with van der Waals surface area (Å²) in [5.41, 5.74) is -0.673. The second-order valence-corrected chi connectivity index (χ2v) is 5.15. The highest BCUT2D eigenvalue weighted by molar-refractivity contribution is 14.1. The first-order valence-corrected chi connectivity index (χ1v) is 6.48. The Balaban J connectivity index is 4.41. The van der Waals surface area contributed by atoms with Gasteiger partial charge in [0.25, 0.3) is 0 Å². The smallest absolute Gasteiger partial charge is 0.326 e. The van der Waals surface area contributed by atoms with Gasteiger partial charge in [0.1, 0.15) is 11.6 Å². The first-order chi connectivity index (χ1) is 7.65. The first kappa shape index (κ1) is 16.1. The van der Waals surface area contributed by atoms with Gasteiger partial charge in [-0.3, -0.25) is 9.59 Å². The molecule has 7 heteroatoms. The maximum absolute atomic E-state index is 11.4. The van der Waals surface area contributed by atoms with E-state index >= 15 is 0 Å². The van der Waals surface area contributed by atoms with Crippen LogP contribution in [0.25, 0.3) is 0 Å². The van der Waals surface area contributed by atoms with Crippen LogP contribution in [0.15, 0.2) is 0 Å². The van der Waals surface area contributed by atoms with Gasteiger partial charge in [0.05, 0.1) is 10.8 Å². The zero-order chi connectivity index (χ0) is 13.6. The summed E-state index contributed by atoms with van der Waals surface area (Å²) >= 11 is 1.80. The fraction of sp³-hybridized carbons (Fsp3) is 0.700. The number of carbonyl (C=O) groups is 3. The zero-order valence-electron chi connectivity index (χ0n) is 9.95. The molecule has 0 unspecified atom stereocenters. The molecular weight excluding hydrogens is 341 g/mol. The van der Waals surface area contributed by atoms with E-state index in [9.17, 15) is 14.4 Å².